The summed E-state index contributed by atoms with van der Waals surface area (Å²) in [6.45, 7) is 2.24. The summed E-state index contributed by atoms with van der Waals surface area (Å²) in [5.74, 6) is 6.62. The summed E-state index contributed by atoms with van der Waals surface area (Å²) in [7, 11) is 0. The van der Waals surface area contributed by atoms with Gasteiger partial charge in [-0.25, -0.2) is 4.39 Å². The highest BCUT2D eigenvalue weighted by Crippen LogP contribution is 2.38. The number of benzene rings is 1. The first-order valence-corrected chi connectivity index (χ1v) is 7.44. The second kappa shape index (κ2) is 6.69. The Balaban J connectivity index is 2.12. The standard InChI is InChI=1S/C15H22ClFN2/c1-2-10-3-5-11(6-4-10)15(19-18)13-8-7-12(16)9-14(13)17/h7-11,15,19H,2-6,18H2,1H3. The molecule has 1 aromatic rings. The molecule has 1 aliphatic rings. The Kier molecular flexibility index (Phi) is 5.20. The molecule has 3 N–H and O–H groups in total. The lowest BCUT2D eigenvalue weighted by Gasteiger charge is -2.33. The van der Waals surface area contributed by atoms with Gasteiger partial charge < -0.3 is 0 Å². The number of nitrogens with two attached hydrogens (primary N) is 1. The van der Waals surface area contributed by atoms with Gasteiger partial charge in [-0.2, -0.15) is 0 Å². The second-order valence-electron chi connectivity index (χ2n) is 5.50. The van der Waals surface area contributed by atoms with Crippen molar-refractivity contribution >= 4 is 11.6 Å². The Labute approximate surface area is 119 Å². The molecular formula is C15H22ClFN2. The third kappa shape index (κ3) is 3.47. The van der Waals surface area contributed by atoms with E-state index in [9.17, 15) is 4.39 Å². The zero-order valence-corrected chi connectivity index (χ0v) is 12.1. The zero-order chi connectivity index (χ0) is 13.8. The van der Waals surface area contributed by atoms with Crippen LogP contribution >= 0.6 is 11.6 Å². The molecule has 1 aromatic carbocycles. The highest BCUT2D eigenvalue weighted by molar-refractivity contribution is 6.30. The first-order valence-electron chi connectivity index (χ1n) is 7.06. The van der Waals surface area contributed by atoms with Gasteiger partial charge in [-0.15, -0.1) is 0 Å². The third-order valence-electron chi connectivity index (χ3n) is 4.42. The van der Waals surface area contributed by atoms with Crippen LogP contribution in [0.25, 0.3) is 0 Å². The van der Waals surface area contributed by atoms with Crippen molar-refractivity contribution in [1.82, 2.24) is 5.43 Å². The second-order valence-corrected chi connectivity index (χ2v) is 5.94. The molecule has 4 heteroatoms. The molecule has 1 atom stereocenters. The van der Waals surface area contributed by atoms with Gasteiger partial charge >= 0.3 is 0 Å². The van der Waals surface area contributed by atoms with Gasteiger partial charge in [0.05, 0.1) is 6.04 Å². The molecule has 0 amide bonds. The fraction of sp³-hybridized carbons (Fsp3) is 0.600. The molecule has 0 aliphatic heterocycles. The SMILES string of the molecule is CCC1CCC(C(NN)c2ccc(Cl)cc2F)CC1. The molecule has 106 valence electrons. The maximum Gasteiger partial charge on any atom is 0.129 e. The number of hydrazine groups is 1. The van der Waals surface area contributed by atoms with Gasteiger partial charge in [-0.05, 0) is 36.8 Å². The van der Waals surface area contributed by atoms with Crippen molar-refractivity contribution in [2.45, 2.75) is 45.1 Å². The molecule has 19 heavy (non-hydrogen) atoms. The molecule has 2 rings (SSSR count). The molecule has 0 saturated heterocycles. The fourth-order valence-electron chi connectivity index (χ4n) is 3.16. The monoisotopic (exact) mass is 284 g/mol. The molecule has 1 unspecified atom stereocenters. The first kappa shape index (κ1) is 14.8. The summed E-state index contributed by atoms with van der Waals surface area (Å²) in [4.78, 5) is 0. The van der Waals surface area contributed by atoms with E-state index in [1.54, 1.807) is 12.1 Å². The van der Waals surface area contributed by atoms with E-state index in [1.165, 1.54) is 25.3 Å². The Morgan fingerprint density at radius 3 is 2.58 bits per heavy atom. The normalized spacial score (nSPS) is 25.3. The lowest BCUT2D eigenvalue weighted by molar-refractivity contribution is 0.217. The minimum Gasteiger partial charge on any atom is -0.271 e. The molecule has 0 aromatic heterocycles. The number of nitrogens with one attached hydrogen (secondary N) is 1. The van der Waals surface area contributed by atoms with Gasteiger partial charge in [0.15, 0.2) is 0 Å². The first-order chi connectivity index (χ1) is 9.15. The largest absolute Gasteiger partial charge is 0.271 e. The Morgan fingerprint density at radius 2 is 2.05 bits per heavy atom. The minimum atomic E-state index is -0.270. The predicted octanol–water partition coefficient (Wildman–Crippen LogP) is 4.20. The summed E-state index contributed by atoms with van der Waals surface area (Å²) < 4.78 is 14.0. The molecule has 0 radical (unpaired) electrons. The van der Waals surface area contributed by atoms with Gasteiger partial charge in [0.1, 0.15) is 5.82 Å². The molecule has 0 heterocycles. The van der Waals surface area contributed by atoms with Crippen molar-refractivity contribution in [1.29, 1.82) is 0 Å². The molecule has 0 bridgehead atoms. The van der Waals surface area contributed by atoms with Crippen molar-refractivity contribution in [2.24, 2.45) is 17.7 Å². The summed E-state index contributed by atoms with van der Waals surface area (Å²) in [6, 6.07) is 4.71. The van der Waals surface area contributed by atoms with Crippen LogP contribution in [0.15, 0.2) is 18.2 Å². The Hall–Kier alpha value is -0.640. The molecule has 1 aliphatic carbocycles. The van der Waals surface area contributed by atoms with E-state index in [-0.39, 0.29) is 11.9 Å². The Morgan fingerprint density at radius 1 is 1.37 bits per heavy atom. The highest BCUT2D eigenvalue weighted by atomic mass is 35.5. The lowest BCUT2D eigenvalue weighted by atomic mass is 9.76. The van der Waals surface area contributed by atoms with E-state index in [0.717, 1.165) is 18.8 Å². The van der Waals surface area contributed by atoms with Crippen LogP contribution in [0.4, 0.5) is 4.39 Å². The summed E-state index contributed by atoms with van der Waals surface area (Å²) >= 11 is 5.80. The maximum atomic E-state index is 14.0. The molecular weight excluding hydrogens is 263 g/mol. The van der Waals surface area contributed by atoms with Gasteiger partial charge in [0, 0.05) is 10.6 Å². The summed E-state index contributed by atoms with van der Waals surface area (Å²) in [5, 5.41) is 0.423. The van der Waals surface area contributed by atoms with Crippen molar-refractivity contribution in [3.8, 4) is 0 Å². The molecule has 0 spiro atoms. The lowest BCUT2D eigenvalue weighted by Crippen LogP contribution is -2.36. The van der Waals surface area contributed by atoms with Crippen LogP contribution in [0.2, 0.25) is 5.02 Å². The Bertz CT molecular complexity index is 417. The van der Waals surface area contributed by atoms with Crippen LogP contribution in [-0.4, -0.2) is 0 Å². The molecule has 1 fully saturated rings. The van der Waals surface area contributed by atoms with Gasteiger partial charge in [-0.1, -0.05) is 43.9 Å². The molecule has 2 nitrogen and oxygen atoms in total. The van der Waals surface area contributed by atoms with Crippen molar-refractivity contribution < 1.29 is 4.39 Å². The van der Waals surface area contributed by atoms with E-state index in [1.807, 2.05) is 0 Å². The minimum absolute atomic E-state index is 0.116. The summed E-state index contributed by atoms with van der Waals surface area (Å²) in [5.41, 5.74) is 3.43. The van der Waals surface area contributed by atoms with E-state index < -0.39 is 0 Å². The average molecular weight is 285 g/mol. The summed E-state index contributed by atoms with van der Waals surface area (Å²) in [6.07, 6.45) is 5.89. The van der Waals surface area contributed by atoms with Crippen LogP contribution in [0.5, 0.6) is 0 Å². The number of hydrogen-bond donors (Lipinski definition) is 2. The van der Waals surface area contributed by atoms with Gasteiger partial charge in [0.25, 0.3) is 0 Å². The molecule has 1 saturated carbocycles. The van der Waals surface area contributed by atoms with Crippen LogP contribution in [0, 0.1) is 17.7 Å². The van der Waals surface area contributed by atoms with E-state index in [4.69, 9.17) is 17.4 Å². The van der Waals surface area contributed by atoms with E-state index >= 15 is 0 Å². The number of halogens is 2. The van der Waals surface area contributed by atoms with Crippen molar-refractivity contribution in [3.63, 3.8) is 0 Å². The van der Waals surface area contributed by atoms with Crippen molar-refractivity contribution in [3.05, 3.63) is 34.6 Å². The smallest absolute Gasteiger partial charge is 0.129 e. The zero-order valence-electron chi connectivity index (χ0n) is 11.3. The van der Waals surface area contributed by atoms with E-state index in [2.05, 4.69) is 12.3 Å². The van der Waals surface area contributed by atoms with Crippen LogP contribution in [0.3, 0.4) is 0 Å². The van der Waals surface area contributed by atoms with Crippen molar-refractivity contribution in [2.75, 3.05) is 0 Å². The predicted molar refractivity (Wildman–Crippen MR) is 77.2 cm³/mol. The van der Waals surface area contributed by atoms with Crippen LogP contribution in [0.1, 0.15) is 50.6 Å². The topological polar surface area (TPSA) is 38.0 Å². The quantitative estimate of drug-likeness (QED) is 0.642. The maximum absolute atomic E-state index is 14.0. The van der Waals surface area contributed by atoms with Gasteiger partial charge in [-0.3, -0.25) is 11.3 Å². The fourth-order valence-corrected chi connectivity index (χ4v) is 3.32. The highest BCUT2D eigenvalue weighted by Gasteiger charge is 2.28. The third-order valence-corrected chi connectivity index (χ3v) is 4.65. The van der Waals surface area contributed by atoms with E-state index in [0.29, 0.717) is 16.5 Å². The number of hydrogen-bond acceptors (Lipinski definition) is 2. The van der Waals surface area contributed by atoms with Crippen LogP contribution < -0.4 is 11.3 Å². The van der Waals surface area contributed by atoms with Gasteiger partial charge in [0.2, 0.25) is 0 Å². The number of rotatable bonds is 4. The average Bonchev–Trinajstić information content (AvgIpc) is 2.42. The van der Waals surface area contributed by atoms with Crippen LogP contribution in [-0.2, 0) is 0 Å².